The molecule has 0 saturated carbocycles. The molecule has 3 aromatic heterocycles. The van der Waals surface area contributed by atoms with Crippen LogP contribution in [0, 0.1) is 0 Å². The SMILES string of the molecule is NC(=O)C(=O)C(Cn1ccc2ccccc21)NC(=O)c1nsnc1-c1ccccn1. The third-order valence-electron chi connectivity index (χ3n) is 4.54. The number of rotatable bonds is 7. The first kappa shape index (κ1) is 19.4. The Balaban J connectivity index is 1.62. The van der Waals surface area contributed by atoms with E-state index in [1.54, 1.807) is 35.2 Å². The van der Waals surface area contributed by atoms with Gasteiger partial charge in [0.25, 0.3) is 11.8 Å². The highest BCUT2D eigenvalue weighted by Gasteiger charge is 2.28. The van der Waals surface area contributed by atoms with Gasteiger partial charge in [0.2, 0.25) is 5.78 Å². The molecule has 2 amide bonds. The number of ketones is 1. The lowest BCUT2D eigenvalue weighted by atomic mass is 10.1. The lowest BCUT2D eigenvalue weighted by Gasteiger charge is -2.17. The average Bonchev–Trinajstić information content (AvgIpc) is 3.41. The van der Waals surface area contributed by atoms with Gasteiger partial charge in [-0.15, -0.1) is 0 Å². The quantitative estimate of drug-likeness (QED) is 0.434. The fourth-order valence-corrected chi connectivity index (χ4v) is 3.65. The molecule has 1 aromatic carbocycles. The van der Waals surface area contributed by atoms with E-state index in [-0.39, 0.29) is 12.2 Å². The van der Waals surface area contributed by atoms with E-state index in [1.807, 2.05) is 30.3 Å². The summed E-state index contributed by atoms with van der Waals surface area (Å²) in [6.07, 6.45) is 3.36. The zero-order valence-electron chi connectivity index (χ0n) is 15.6. The molecule has 4 rings (SSSR count). The molecule has 150 valence electrons. The van der Waals surface area contributed by atoms with Gasteiger partial charge in [0.1, 0.15) is 11.7 Å². The van der Waals surface area contributed by atoms with E-state index in [2.05, 4.69) is 19.0 Å². The summed E-state index contributed by atoms with van der Waals surface area (Å²) in [7, 11) is 0. The van der Waals surface area contributed by atoms with Crippen LogP contribution < -0.4 is 11.1 Å². The molecule has 0 radical (unpaired) electrons. The van der Waals surface area contributed by atoms with Crippen molar-refractivity contribution in [1.29, 1.82) is 0 Å². The van der Waals surface area contributed by atoms with Crippen LogP contribution in [0.15, 0.2) is 60.9 Å². The number of pyridine rings is 1. The van der Waals surface area contributed by atoms with E-state index in [1.165, 1.54) is 0 Å². The first-order valence-electron chi connectivity index (χ1n) is 8.97. The maximum atomic E-state index is 12.9. The van der Waals surface area contributed by atoms with Crippen molar-refractivity contribution in [2.75, 3.05) is 0 Å². The molecular formula is C20H16N6O3S. The third kappa shape index (κ3) is 3.80. The predicted molar refractivity (Wildman–Crippen MR) is 111 cm³/mol. The highest BCUT2D eigenvalue weighted by molar-refractivity contribution is 6.99. The number of carbonyl (C=O) groups is 3. The van der Waals surface area contributed by atoms with E-state index in [0.717, 1.165) is 22.6 Å². The minimum absolute atomic E-state index is 0.0262. The number of benzene rings is 1. The molecule has 0 aliphatic carbocycles. The first-order valence-corrected chi connectivity index (χ1v) is 9.70. The summed E-state index contributed by atoms with van der Waals surface area (Å²) in [6, 6.07) is 13.5. The van der Waals surface area contributed by atoms with E-state index in [9.17, 15) is 14.4 Å². The van der Waals surface area contributed by atoms with Gasteiger partial charge in [-0.25, -0.2) is 0 Å². The molecule has 1 unspecified atom stereocenters. The van der Waals surface area contributed by atoms with Crippen molar-refractivity contribution in [3.63, 3.8) is 0 Å². The highest BCUT2D eigenvalue weighted by atomic mass is 32.1. The number of primary amides is 1. The monoisotopic (exact) mass is 420 g/mol. The summed E-state index contributed by atoms with van der Waals surface area (Å²) in [5.74, 6) is -2.66. The topological polar surface area (TPSA) is 133 Å². The van der Waals surface area contributed by atoms with Crippen LogP contribution in [0.25, 0.3) is 22.3 Å². The number of para-hydroxylation sites is 1. The van der Waals surface area contributed by atoms with Gasteiger partial charge in [-0.1, -0.05) is 24.3 Å². The molecule has 0 saturated heterocycles. The van der Waals surface area contributed by atoms with Crippen LogP contribution in [-0.4, -0.2) is 41.9 Å². The fraction of sp³-hybridized carbons (Fsp3) is 0.100. The number of carbonyl (C=O) groups excluding carboxylic acids is 3. The van der Waals surface area contributed by atoms with Crippen LogP contribution in [0.1, 0.15) is 10.5 Å². The number of nitrogens with two attached hydrogens (primary N) is 1. The summed E-state index contributed by atoms with van der Waals surface area (Å²) < 4.78 is 9.96. The number of hydrogen-bond acceptors (Lipinski definition) is 7. The van der Waals surface area contributed by atoms with E-state index < -0.39 is 23.6 Å². The molecule has 10 heteroatoms. The van der Waals surface area contributed by atoms with E-state index in [0.29, 0.717) is 11.4 Å². The van der Waals surface area contributed by atoms with Crippen LogP contribution >= 0.6 is 11.7 Å². The first-order chi connectivity index (χ1) is 14.5. The lowest BCUT2D eigenvalue weighted by Crippen LogP contribution is -2.48. The standard InChI is InChI=1S/C20H16N6O3S/c21-19(28)18(27)14(11-26-10-8-12-5-1-2-7-15(12)26)23-20(29)17-16(24-30-25-17)13-6-3-4-9-22-13/h1-10,14H,11H2,(H2,21,28)(H,23,29). The number of nitrogens with one attached hydrogen (secondary N) is 1. The Hall–Kier alpha value is -3.92. The molecule has 0 spiro atoms. The third-order valence-corrected chi connectivity index (χ3v) is 5.06. The van der Waals surface area contributed by atoms with Crippen LogP contribution in [0.2, 0.25) is 0 Å². The van der Waals surface area contributed by atoms with Gasteiger partial charge >= 0.3 is 0 Å². The van der Waals surface area contributed by atoms with Gasteiger partial charge in [0, 0.05) is 17.9 Å². The molecular weight excluding hydrogens is 404 g/mol. The molecule has 4 aromatic rings. The Kier molecular flexibility index (Phi) is 5.31. The number of amides is 2. The largest absolute Gasteiger partial charge is 0.363 e. The second kappa shape index (κ2) is 8.21. The van der Waals surface area contributed by atoms with Crippen LogP contribution in [0.5, 0.6) is 0 Å². The Bertz CT molecular complexity index is 1230. The molecule has 3 N–H and O–H groups in total. The zero-order chi connectivity index (χ0) is 21.1. The minimum atomic E-state index is -1.16. The number of hydrogen-bond donors (Lipinski definition) is 2. The number of nitrogens with zero attached hydrogens (tertiary/aromatic N) is 4. The molecule has 0 aliphatic heterocycles. The van der Waals surface area contributed by atoms with E-state index >= 15 is 0 Å². The molecule has 0 fully saturated rings. The molecule has 0 bridgehead atoms. The summed E-state index contributed by atoms with van der Waals surface area (Å²) in [6.45, 7) is 0.0392. The Labute approximate surface area is 174 Å². The molecule has 9 nitrogen and oxygen atoms in total. The van der Waals surface area contributed by atoms with Crippen molar-refractivity contribution >= 4 is 40.2 Å². The van der Waals surface area contributed by atoms with Gasteiger partial charge < -0.3 is 15.6 Å². The van der Waals surface area contributed by atoms with Crippen molar-refractivity contribution in [2.24, 2.45) is 5.73 Å². The van der Waals surface area contributed by atoms with Crippen molar-refractivity contribution in [3.8, 4) is 11.4 Å². The number of fused-ring (bicyclic) bond motifs is 1. The average molecular weight is 420 g/mol. The lowest BCUT2D eigenvalue weighted by molar-refractivity contribution is -0.137. The van der Waals surface area contributed by atoms with Crippen molar-refractivity contribution in [3.05, 3.63) is 66.6 Å². The van der Waals surface area contributed by atoms with E-state index in [4.69, 9.17) is 5.73 Å². The maximum absolute atomic E-state index is 12.9. The van der Waals surface area contributed by atoms with Gasteiger partial charge in [-0.2, -0.15) is 8.75 Å². The Morgan fingerprint density at radius 1 is 1.07 bits per heavy atom. The summed E-state index contributed by atoms with van der Waals surface area (Å²) in [5.41, 5.74) is 6.87. The normalized spacial score (nSPS) is 11.9. The Morgan fingerprint density at radius 3 is 2.63 bits per heavy atom. The van der Waals surface area contributed by atoms with Crippen molar-refractivity contribution in [2.45, 2.75) is 12.6 Å². The highest BCUT2D eigenvalue weighted by Crippen LogP contribution is 2.20. The fourth-order valence-electron chi connectivity index (χ4n) is 3.10. The molecule has 3 heterocycles. The molecule has 1 atom stereocenters. The summed E-state index contributed by atoms with van der Waals surface area (Å²) in [5, 5.41) is 3.55. The van der Waals surface area contributed by atoms with Crippen LogP contribution in [0.3, 0.4) is 0 Å². The van der Waals surface area contributed by atoms with Gasteiger partial charge in [-0.3, -0.25) is 19.4 Å². The Morgan fingerprint density at radius 2 is 1.87 bits per heavy atom. The number of Topliss-reactive ketones (excluding diaryl/α,β-unsaturated/α-hetero) is 1. The second-order valence-electron chi connectivity index (χ2n) is 6.46. The van der Waals surface area contributed by atoms with Gasteiger partial charge in [0.05, 0.1) is 24.0 Å². The smallest absolute Gasteiger partial charge is 0.287 e. The summed E-state index contributed by atoms with van der Waals surface area (Å²) >= 11 is 0.856. The molecule has 30 heavy (non-hydrogen) atoms. The van der Waals surface area contributed by atoms with Gasteiger partial charge in [0.15, 0.2) is 5.69 Å². The summed E-state index contributed by atoms with van der Waals surface area (Å²) in [4.78, 5) is 41.0. The molecule has 0 aliphatic rings. The van der Waals surface area contributed by atoms with Crippen molar-refractivity contribution < 1.29 is 14.4 Å². The minimum Gasteiger partial charge on any atom is -0.363 e. The predicted octanol–water partition coefficient (Wildman–Crippen LogP) is 1.41. The van der Waals surface area contributed by atoms with Crippen LogP contribution in [-0.2, 0) is 16.1 Å². The maximum Gasteiger partial charge on any atom is 0.287 e. The second-order valence-corrected chi connectivity index (χ2v) is 6.99. The van der Waals surface area contributed by atoms with Crippen molar-refractivity contribution in [1.82, 2.24) is 23.6 Å². The van der Waals surface area contributed by atoms with Gasteiger partial charge in [-0.05, 0) is 29.7 Å². The van der Waals surface area contributed by atoms with Crippen LogP contribution in [0.4, 0.5) is 0 Å². The number of aromatic nitrogens is 4. The zero-order valence-corrected chi connectivity index (χ0v) is 16.4.